The summed E-state index contributed by atoms with van der Waals surface area (Å²) in [6.07, 6.45) is 4.27. The second kappa shape index (κ2) is 5.78. The molecule has 0 fully saturated rings. The Morgan fingerprint density at radius 1 is 1.17 bits per heavy atom. The normalized spacial score (nSPS) is 9.78. The van der Waals surface area contributed by atoms with E-state index < -0.39 is 0 Å². The summed E-state index contributed by atoms with van der Waals surface area (Å²) in [5.41, 5.74) is 2.36. The van der Waals surface area contributed by atoms with Gasteiger partial charge >= 0.3 is 0 Å². The topological polar surface area (TPSA) is 52.8 Å². The highest BCUT2D eigenvalue weighted by atomic mass is 15.1. The van der Waals surface area contributed by atoms with E-state index >= 15 is 0 Å². The molecule has 18 heavy (non-hydrogen) atoms. The Labute approximate surface area is 107 Å². The Balaban J connectivity index is 2.04. The monoisotopic (exact) mass is 238 g/mol. The second-order valence-electron chi connectivity index (χ2n) is 3.98. The molecular formula is C14H14N4. The third-order valence-electron chi connectivity index (χ3n) is 2.73. The molecule has 2 rings (SSSR count). The maximum atomic E-state index is 9.00. The van der Waals surface area contributed by atoms with Crippen molar-refractivity contribution in [1.29, 1.82) is 5.26 Å². The van der Waals surface area contributed by atoms with E-state index in [4.69, 9.17) is 5.26 Å². The molecule has 0 aromatic carbocycles. The SMILES string of the molecule is CN(CCc1ccccn1)c1cccnc1C#N. The van der Waals surface area contributed by atoms with Crippen LogP contribution in [-0.2, 0) is 6.42 Å². The molecular weight excluding hydrogens is 224 g/mol. The van der Waals surface area contributed by atoms with Crippen molar-refractivity contribution in [3.05, 3.63) is 54.1 Å². The molecule has 2 aromatic heterocycles. The highest BCUT2D eigenvalue weighted by Crippen LogP contribution is 2.15. The third kappa shape index (κ3) is 2.83. The Morgan fingerprint density at radius 2 is 2.00 bits per heavy atom. The van der Waals surface area contributed by atoms with Crippen LogP contribution in [0.2, 0.25) is 0 Å². The smallest absolute Gasteiger partial charge is 0.163 e. The van der Waals surface area contributed by atoms with Crippen LogP contribution in [0.4, 0.5) is 5.69 Å². The molecule has 2 heterocycles. The van der Waals surface area contributed by atoms with E-state index in [1.54, 1.807) is 12.4 Å². The van der Waals surface area contributed by atoms with Gasteiger partial charge in [-0.05, 0) is 24.3 Å². The number of nitrogens with zero attached hydrogens (tertiary/aromatic N) is 4. The fourth-order valence-corrected chi connectivity index (χ4v) is 1.74. The van der Waals surface area contributed by atoms with Gasteiger partial charge in [0.25, 0.3) is 0 Å². The number of pyridine rings is 2. The predicted molar refractivity (Wildman–Crippen MR) is 70.2 cm³/mol. The summed E-state index contributed by atoms with van der Waals surface area (Å²) in [6, 6.07) is 11.7. The Hall–Kier alpha value is -2.41. The molecule has 0 bridgehead atoms. The van der Waals surface area contributed by atoms with Crippen molar-refractivity contribution in [2.45, 2.75) is 6.42 Å². The van der Waals surface area contributed by atoms with E-state index in [1.165, 1.54) is 0 Å². The van der Waals surface area contributed by atoms with Gasteiger partial charge in [-0.25, -0.2) is 4.98 Å². The van der Waals surface area contributed by atoms with Crippen molar-refractivity contribution in [2.75, 3.05) is 18.5 Å². The quantitative estimate of drug-likeness (QED) is 0.817. The number of rotatable bonds is 4. The first-order valence-corrected chi connectivity index (χ1v) is 5.77. The molecule has 0 saturated carbocycles. The molecule has 0 N–H and O–H groups in total. The summed E-state index contributed by atoms with van der Waals surface area (Å²) in [7, 11) is 1.96. The average Bonchev–Trinajstić information content (AvgIpc) is 2.45. The minimum Gasteiger partial charge on any atom is -0.372 e. The molecule has 2 aromatic rings. The van der Waals surface area contributed by atoms with Gasteiger partial charge in [-0.1, -0.05) is 6.07 Å². The first-order valence-electron chi connectivity index (χ1n) is 5.77. The molecule has 90 valence electrons. The van der Waals surface area contributed by atoms with Gasteiger partial charge in [-0.2, -0.15) is 5.26 Å². The molecule has 0 radical (unpaired) electrons. The van der Waals surface area contributed by atoms with E-state index in [0.29, 0.717) is 5.69 Å². The molecule has 0 saturated heterocycles. The first-order chi connectivity index (χ1) is 8.81. The fourth-order valence-electron chi connectivity index (χ4n) is 1.74. The summed E-state index contributed by atoms with van der Waals surface area (Å²) in [5, 5.41) is 9.00. The van der Waals surface area contributed by atoms with Crippen molar-refractivity contribution in [1.82, 2.24) is 9.97 Å². The van der Waals surface area contributed by atoms with Crippen LogP contribution in [-0.4, -0.2) is 23.6 Å². The summed E-state index contributed by atoms with van der Waals surface area (Å²) < 4.78 is 0. The van der Waals surface area contributed by atoms with Crippen LogP contribution in [0.3, 0.4) is 0 Å². The molecule has 4 heteroatoms. The van der Waals surface area contributed by atoms with E-state index in [-0.39, 0.29) is 0 Å². The van der Waals surface area contributed by atoms with Crippen LogP contribution < -0.4 is 4.90 Å². The second-order valence-corrected chi connectivity index (χ2v) is 3.98. The van der Waals surface area contributed by atoms with E-state index in [2.05, 4.69) is 16.0 Å². The van der Waals surface area contributed by atoms with Gasteiger partial charge in [0.1, 0.15) is 6.07 Å². The highest BCUT2D eigenvalue weighted by molar-refractivity contribution is 5.55. The fraction of sp³-hybridized carbons (Fsp3) is 0.214. The van der Waals surface area contributed by atoms with Crippen LogP contribution in [0.5, 0.6) is 0 Å². The summed E-state index contributed by atoms with van der Waals surface area (Å²) in [6.45, 7) is 0.803. The zero-order valence-corrected chi connectivity index (χ0v) is 10.2. The Morgan fingerprint density at radius 3 is 2.72 bits per heavy atom. The molecule has 0 unspecified atom stereocenters. The number of anilines is 1. The molecule has 0 spiro atoms. The number of hydrogen-bond acceptors (Lipinski definition) is 4. The van der Waals surface area contributed by atoms with Crippen LogP contribution in [0.15, 0.2) is 42.7 Å². The van der Waals surface area contributed by atoms with Gasteiger partial charge in [-0.15, -0.1) is 0 Å². The third-order valence-corrected chi connectivity index (χ3v) is 2.73. The number of aromatic nitrogens is 2. The molecule has 4 nitrogen and oxygen atoms in total. The van der Waals surface area contributed by atoms with Crippen LogP contribution >= 0.6 is 0 Å². The summed E-state index contributed by atoms with van der Waals surface area (Å²) in [4.78, 5) is 10.4. The van der Waals surface area contributed by atoms with Crippen molar-refractivity contribution in [3.63, 3.8) is 0 Å². The van der Waals surface area contributed by atoms with Gasteiger partial charge in [0.05, 0.1) is 5.69 Å². The van der Waals surface area contributed by atoms with Crippen LogP contribution in [0.1, 0.15) is 11.4 Å². The molecule has 0 atom stereocenters. The van der Waals surface area contributed by atoms with Crippen molar-refractivity contribution in [2.24, 2.45) is 0 Å². The van der Waals surface area contributed by atoms with Crippen LogP contribution in [0.25, 0.3) is 0 Å². The van der Waals surface area contributed by atoms with Gasteiger partial charge in [0, 0.05) is 38.1 Å². The lowest BCUT2D eigenvalue weighted by Gasteiger charge is -2.19. The number of hydrogen-bond donors (Lipinski definition) is 0. The lowest BCUT2D eigenvalue weighted by atomic mass is 10.2. The zero-order valence-electron chi connectivity index (χ0n) is 10.2. The lowest BCUT2D eigenvalue weighted by Crippen LogP contribution is -2.21. The maximum absolute atomic E-state index is 9.00. The lowest BCUT2D eigenvalue weighted by molar-refractivity contribution is 0.848. The van der Waals surface area contributed by atoms with Crippen molar-refractivity contribution >= 4 is 5.69 Å². The summed E-state index contributed by atoms with van der Waals surface area (Å²) in [5.74, 6) is 0. The predicted octanol–water partition coefficient (Wildman–Crippen LogP) is 2.03. The van der Waals surface area contributed by atoms with Gasteiger partial charge in [0.15, 0.2) is 5.69 Å². The molecule has 0 aliphatic carbocycles. The highest BCUT2D eigenvalue weighted by Gasteiger charge is 2.07. The van der Waals surface area contributed by atoms with E-state index in [9.17, 15) is 0 Å². The molecule has 0 amide bonds. The van der Waals surface area contributed by atoms with E-state index in [0.717, 1.165) is 24.3 Å². The first kappa shape index (κ1) is 12.1. The van der Waals surface area contributed by atoms with Crippen molar-refractivity contribution in [3.8, 4) is 6.07 Å². The molecule has 0 aliphatic rings. The summed E-state index contributed by atoms with van der Waals surface area (Å²) >= 11 is 0. The Bertz CT molecular complexity index is 545. The Kier molecular flexibility index (Phi) is 3.87. The number of likely N-dealkylation sites (N-methyl/N-ethyl adjacent to an activating group) is 1. The zero-order chi connectivity index (χ0) is 12.8. The van der Waals surface area contributed by atoms with Crippen LogP contribution in [0, 0.1) is 11.3 Å². The standard InChI is InChI=1S/C14H14N4/c1-18(10-7-12-5-2-3-8-16-12)14-6-4-9-17-13(14)11-15/h2-6,8-9H,7,10H2,1H3. The number of nitriles is 1. The van der Waals surface area contributed by atoms with Gasteiger partial charge in [-0.3, -0.25) is 4.98 Å². The van der Waals surface area contributed by atoms with Gasteiger partial charge < -0.3 is 4.90 Å². The van der Waals surface area contributed by atoms with Gasteiger partial charge in [0.2, 0.25) is 0 Å². The minimum atomic E-state index is 0.459. The van der Waals surface area contributed by atoms with Crippen molar-refractivity contribution < 1.29 is 0 Å². The maximum Gasteiger partial charge on any atom is 0.163 e. The largest absolute Gasteiger partial charge is 0.372 e. The van der Waals surface area contributed by atoms with E-state index in [1.807, 2.05) is 42.3 Å². The minimum absolute atomic E-state index is 0.459. The average molecular weight is 238 g/mol. The molecule has 0 aliphatic heterocycles.